The molecule has 0 saturated carbocycles. The quantitative estimate of drug-likeness (QED) is 0.329. The molecule has 3 aliphatic rings. The molecule has 5 heterocycles. The van der Waals surface area contributed by atoms with Gasteiger partial charge < -0.3 is 24.7 Å². The fourth-order valence-corrected chi connectivity index (χ4v) is 6.93. The molecule has 7 rings (SSSR count). The second kappa shape index (κ2) is 11.2. The number of ether oxygens (including phenoxy) is 2. The number of hydrogen-bond acceptors (Lipinski definition) is 8. The minimum atomic E-state index is -0.836. The molecule has 242 valence electrons. The summed E-state index contributed by atoms with van der Waals surface area (Å²) >= 11 is 0. The molecule has 2 fully saturated rings. The summed E-state index contributed by atoms with van der Waals surface area (Å²) in [5.74, 6) is -0.310. The summed E-state index contributed by atoms with van der Waals surface area (Å²) < 4.78 is 29.9. The van der Waals surface area contributed by atoms with Crippen LogP contribution in [0.5, 0.6) is 11.6 Å². The van der Waals surface area contributed by atoms with Crippen molar-refractivity contribution < 1.29 is 23.5 Å². The van der Waals surface area contributed by atoms with Crippen molar-refractivity contribution in [3.63, 3.8) is 0 Å². The number of methoxy groups -OCH3 is 1. The SMILES string of the molecule is COc1nc(-c2cccc(-c3cccc(NC(=O)c4cn(C)c(=O)n(C)c4=O)c3F)c2C)cc2c1[C@@H](N1CC3(CCC(=O)N3)C1)CO2. The molecule has 4 aromatic rings. The van der Waals surface area contributed by atoms with E-state index in [1.165, 1.54) is 20.2 Å². The average Bonchev–Trinajstić information content (AvgIpc) is 3.65. The van der Waals surface area contributed by atoms with Crippen molar-refractivity contribution in [3.05, 3.63) is 92.0 Å². The second-order valence-corrected chi connectivity index (χ2v) is 12.4. The third-order valence-corrected chi connectivity index (χ3v) is 9.43. The molecule has 1 atom stereocenters. The zero-order valence-corrected chi connectivity index (χ0v) is 26.3. The zero-order valence-electron chi connectivity index (χ0n) is 26.3. The number of benzene rings is 2. The van der Waals surface area contributed by atoms with Gasteiger partial charge in [0.1, 0.15) is 17.9 Å². The Morgan fingerprint density at radius 2 is 1.83 bits per heavy atom. The van der Waals surface area contributed by atoms with Crippen LogP contribution in [0.1, 0.15) is 40.4 Å². The maximum absolute atomic E-state index is 16.0. The molecule has 3 aliphatic heterocycles. The molecular weight excluding hydrogens is 607 g/mol. The lowest BCUT2D eigenvalue weighted by atomic mass is 9.86. The van der Waals surface area contributed by atoms with E-state index in [1.54, 1.807) is 31.4 Å². The summed E-state index contributed by atoms with van der Waals surface area (Å²) in [5.41, 5.74) is 1.84. The third kappa shape index (κ3) is 4.97. The van der Waals surface area contributed by atoms with E-state index in [0.717, 1.165) is 51.5 Å². The molecule has 2 N–H and O–H groups in total. The number of halogens is 1. The Labute approximate surface area is 268 Å². The van der Waals surface area contributed by atoms with Gasteiger partial charge in [0.25, 0.3) is 11.5 Å². The van der Waals surface area contributed by atoms with Gasteiger partial charge in [-0.2, -0.15) is 0 Å². The van der Waals surface area contributed by atoms with Gasteiger partial charge in [-0.25, -0.2) is 14.2 Å². The number of nitrogens with zero attached hydrogens (tertiary/aromatic N) is 4. The van der Waals surface area contributed by atoms with Crippen LogP contribution in [-0.4, -0.2) is 63.2 Å². The molecule has 0 radical (unpaired) electrons. The summed E-state index contributed by atoms with van der Waals surface area (Å²) in [7, 11) is 4.26. The molecule has 2 saturated heterocycles. The molecule has 0 bridgehead atoms. The van der Waals surface area contributed by atoms with Crippen LogP contribution in [0.3, 0.4) is 0 Å². The van der Waals surface area contributed by atoms with Crippen molar-refractivity contribution in [1.82, 2.24) is 24.3 Å². The Morgan fingerprint density at radius 1 is 1.11 bits per heavy atom. The summed E-state index contributed by atoms with van der Waals surface area (Å²) in [6.45, 7) is 3.79. The normalized spacial score (nSPS) is 18.0. The molecule has 47 heavy (non-hydrogen) atoms. The molecule has 2 aromatic heterocycles. The predicted octanol–water partition coefficient (Wildman–Crippen LogP) is 2.92. The van der Waals surface area contributed by atoms with Crippen LogP contribution in [-0.2, 0) is 18.9 Å². The van der Waals surface area contributed by atoms with Crippen LogP contribution in [0, 0.1) is 12.7 Å². The Morgan fingerprint density at radius 3 is 2.55 bits per heavy atom. The Bertz CT molecular complexity index is 2100. The van der Waals surface area contributed by atoms with E-state index in [0.29, 0.717) is 35.9 Å². The van der Waals surface area contributed by atoms with Crippen molar-refractivity contribution in [1.29, 1.82) is 0 Å². The average molecular weight is 641 g/mol. The van der Waals surface area contributed by atoms with E-state index >= 15 is 4.39 Å². The summed E-state index contributed by atoms with van der Waals surface area (Å²) in [5, 5.41) is 5.61. The van der Waals surface area contributed by atoms with Gasteiger partial charge in [-0.05, 0) is 30.5 Å². The molecule has 12 nitrogen and oxygen atoms in total. The summed E-state index contributed by atoms with van der Waals surface area (Å²) in [6, 6.07) is 11.9. The minimum Gasteiger partial charge on any atom is -0.491 e. The molecule has 0 unspecified atom stereocenters. The first-order valence-corrected chi connectivity index (χ1v) is 15.2. The lowest BCUT2D eigenvalue weighted by Crippen LogP contribution is -2.67. The standard InChI is InChI=1S/C34H33FN6O6/c1-18-19(21-9-6-10-23(29(21)35)36-30(43)22-14-39(2)33(45)40(3)32(22)44)7-5-8-20(18)24-13-26-28(31(37-24)46-4)25(15-47-26)41-16-34(17-41)12-11-27(42)38-34/h5-10,13-14,25H,11-12,15-17H2,1-4H3,(H,36,43)(H,38,42)/t25-/m0/s1. The van der Waals surface area contributed by atoms with E-state index in [2.05, 4.69) is 15.5 Å². The van der Waals surface area contributed by atoms with Crippen LogP contribution in [0.2, 0.25) is 0 Å². The molecule has 1 spiro atoms. The molecule has 2 aromatic carbocycles. The summed E-state index contributed by atoms with van der Waals surface area (Å²) in [4.78, 5) is 56.6. The Kier molecular flexibility index (Phi) is 7.23. The number of carbonyl (C=O) groups is 2. The van der Waals surface area contributed by atoms with Crippen molar-refractivity contribution in [2.24, 2.45) is 14.1 Å². The lowest BCUT2D eigenvalue weighted by Gasteiger charge is -2.50. The molecule has 0 aliphatic carbocycles. The largest absolute Gasteiger partial charge is 0.491 e. The van der Waals surface area contributed by atoms with Crippen molar-refractivity contribution in [2.75, 3.05) is 32.1 Å². The monoisotopic (exact) mass is 640 g/mol. The van der Waals surface area contributed by atoms with Crippen molar-refractivity contribution in [2.45, 2.75) is 31.3 Å². The maximum Gasteiger partial charge on any atom is 0.330 e. The minimum absolute atomic E-state index is 0.0509. The number of anilines is 1. The third-order valence-electron chi connectivity index (χ3n) is 9.43. The smallest absolute Gasteiger partial charge is 0.330 e. The molecule has 13 heteroatoms. The highest BCUT2D eigenvalue weighted by molar-refractivity contribution is 6.04. The van der Waals surface area contributed by atoms with E-state index in [1.807, 2.05) is 19.1 Å². The topological polar surface area (TPSA) is 137 Å². The number of aryl methyl sites for hydroxylation is 1. The second-order valence-electron chi connectivity index (χ2n) is 12.4. The number of likely N-dealkylation sites (tertiary alicyclic amines) is 1. The predicted molar refractivity (Wildman–Crippen MR) is 171 cm³/mol. The van der Waals surface area contributed by atoms with Crippen LogP contribution in [0.25, 0.3) is 22.4 Å². The number of amides is 2. The number of aromatic nitrogens is 3. The summed E-state index contributed by atoms with van der Waals surface area (Å²) in [6.07, 6.45) is 2.52. The Balaban J connectivity index is 1.18. The van der Waals surface area contributed by atoms with Crippen LogP contribution < -0.4 is 31.4 Å². The van der Waals surface area contributed by atoms with Gasteiger partial charge in [-0.1, -0.05) is 30.3 Å². The number of fused-ring (bicyclic) bond motifs is 1. The number of hydrogen-bond donors (Lipinski definition) is 2. The first-order valence-electron chi connectivity index (χ1n) is 15.2. The van der Waals surface area contributed by atoms with E-state index in [-0.39, 0.29) is 34.3 Å². The van der Waals surface area contributed by atoms with Crippen LogP contribution in [0.15, 0.2) is 58.3 Å². The van der Waals surface area contributed by atoms with Gasteiger partial charge in [0.15, 0.2) is 5.82 Å². The van der Waals surface area contributed by atoms with Gasteiger partial charge in [-0.15, -0.1) is 0 Å². The van der Waals surface area contributed by atoms with Crippen molar-refractivity contribution in [3.8, 4) is 34.0 Å². The first kappa shape index (κ1) is 30.4. The van der Waals surface area contributed by atoms with Gasteiger partial charge in [0.05, 0.1) is 35.6 Å². The highest BCUT2D eigenvalue weighted by atomic mass is 19.1. The first-order chi connectivity index (χ1) is 22.5. The van der Waals surface area contributed by atoms with E-state index in [9.17, 15) is 19.2 Å². The fourth-order valence-electron chi connectivity index (χ4n) is 6.93. The number of rotatable bonds is 6. The highest BCUT2D eigenvalue weighted by Gasteiger charge is 2.51. The molecular formula is C34H33FN6O6. The van der Waals surface area contributed by atoms with Crippen LogP contribution >= 0.6 is 0 Å². The zero-order chi connectivity index (χ0) is 33.2. The van der Waals surface area contributed by atoms with Gasteiger partial charge in [-0.3, -0.25) is 23.9 Å². The lowest BCUT2D eigenvalue weighted by molar-refractivity contribution is -0.121. The maximum atomic E-state index is 16.0. The van der Waals surface area contributed by atoms with Gasteiger partial charge in [0.2, 0.25) is 11.8 Å². The number of carbonyl (C=O) groups excluding carboxylic acids is 2. The van der Waals surface area contributed by atoms with Crippen LogP contribution in [0.4, 0.5) is 10.1 Å². The van der Waals surface area contributed by atoms with E-state index in [4.69, 9.17) is 14.5 Å². The number of nitrogens with one attached hydrogen (secondary N) is 2. The fraction of sp³-hybridized carbons (Fsp3) is 0.324. The van der Waals surface area contributed by atoms with Gasteiger partial charge >= 0.3 is 5.69 Å². The Hall–Kier alpha value is -5.30. The highest BCUT2D eigenvalue weighted by Crippen LogP contribution is 2.47. The number of pyridine rings is 1. The van der Waals surface area contributed by atoms with Crippen molar-refractivity contribution >= 4 is 17.5 Å². The van der Waals surface area contributed by atoms with Gasteiger partial charge in [0, 0.05) is 57.0 Å². The molecule has 2 amide bonds. The van der Waals surface area contributed by atoms with E-state index < -0.39 is 23.0 Å².